The van der Waals surface area contributed by atoms with Gasteiger partial charge in [0.15, 0.2) is 0 Å². The first-order valence-electron chi connectivity index (χ1n) is 7.62. The Balaban J connectivity index is 1.96. The van der Waals surface area contributed by atoms with Crippen molar-refractivity contribution in [1.82, 2.24) is 9.80 Å². The summed E-state index contributed by atoms with van der Waals surface area (Å²) in [5.41, 5.74) is -0.165. The summed E-state index contributed by atoms with van der Waals surface area (Å²) in [6, 6.07) is -0.411. The number of carbonyl (C=O) groups excluding carboxylic acids is 2. The van der Waals surface area contributed by atoms with E-state index < -0.39 is 0 Å². The van der Waals surface area contributed by atoms with Gasteiger partial charge in [0, 0.05) is 12.1 Å². The van der Waals surface area contributed by atoms with Crippen LogP contribution in [0, 0.1) is 5.92 Å². The van der Waals surface area contributed by atoms with Gasteiger partial charge in [-0.1, -0.05) is 6.92 Å². The van der Waals surface area contributed by atoms with E-state index in [2.05, 4.69) is 13.8 Å². The van der Waals surface area contributed by atoms with Crippen molar-refractivity contribution in [3.8, 4) is 0 Å². The molecule has 0 radical (unpaired) electrons. The van der Waals surface area contributed by atoms with Gasteiger partial charge >= 0.3 is 0 Å². The molecule has 2 unspecified atom stereocenters. The lowest BCUT2D eigenvalue weighted by Crippen LogP contribution is -2.68. The van der Waals surface area contributed by atoms with Crippen LogP contribution < -0.4 is 0 Å². The number of rotatable bonds is 3. The lowest BCUT2D eigenvalue weighted by atomic mass is 9.89. The van der Waals surface area contributed by atoms with Crippen LogP contribution in [0.2, 0.25) is 0 Å². The first-order valence-corrected chi connectivity index (χ1v) is 7.62. The SMILES string of the molecule is CCC1C(=O)N2CCCC2C(=O)N1C(C)(C)C1CC1. The summed E-state index contributed by atoms with van der Waals surface area (Å²) < 4.78 is 0. The third-order valence-electron chi connectivity index (χ3n) is 5.24. The van der Waals surface area contributed by atoms with E-state index in [1.165, 1.54) is 12.8 Å². The second-order valence-corrected chi connectivity index (χ2v) is 6.75. The van der Waals surface area contributed by atoms with Gasteiger partial charge in [0.05, 0.1) is 0 Å². The maximum absolute atomic E-state index is 12.8. The molecule has 2 amide bonds. The van der Waals surface area contributed by atoms with Crippen molar-refractivity contribution in [1.29, 1.82) is 0 Å². The number of carbonyl (C=O) groups is 2. The molecule has 1 saturated carbocycles. The Kier molecular flexibility index (Phi) is 2.88. The van der Waals surface area contributed by atoms with Crippen LogP contribution in [0.25, 0.3) is 0 Å². The zero-order valence-electron chi connectivity index (χ0n) is 12.2. The molecule has 1 aliphatic carbocycles. The molecule has 4 nitrogen and oxygen atoms in total. The third kappa shape index (κ3) is 1.79. The van der Waals surface area contributed by atoms with Crippen LogP contribution in [0.15, 0.2) is 0 Å². The average Bonchev–Trinajstić information content (AvgIpc) is 3.11. The van der Waals surface area contributed by atoms with E-state index in [-0.39, 0.29) is 29.4 Å². The average molecular weight is 264 g/mol. The van der Waals surface area contributed by atoms with Gasteiger partial charge in [0.2, 0.25) is 11.8 Å². The Morgan fingerprint density at radius 2 is 1.84 bits per heavy atom. The molecule has 0 bridgehead atoms. The highest BCUT2D eigenvalue weighted by molar-refractivity contribution is 5.97. The summed E-state index contributed by atoms with van der Waals surface area (Å²) in [7, 11) is 0. The van der Waals surface area contributed by atoms with Gasteiger partial charge < -0.3 is 9.80 Å². The summed E-state index contributed by atoms with van der Waals surface area (Å²) in [6.45, 7) is 7.07. The molecule has 0 aromatic heterocycles. The van der Waals surface area contributed by atoms with Crippen LogP contribution >= 0.6 is 0 Å². The minimum Gasteiger partial charge on any atom is -0.329 e. The molecule has 3 rings (SSSR count). The lowest BCUT2D eigenvalue weighted by Gasteiger charge is -2.50. The quantitative estimate of drug-likeness (QED) is 0.779. The van der Waals surface area contributed by atoms with E-state index in [9.17, 15) is 9.59 Å². The van der Waals surface area contributed by atoms with Gasteiger partial charge in [-0.3, -0.25) is 9.59 Å². The highest BCUT2D eigenvalue weighted by Gasteiger charge is 2.54. The van der Waals surface area contributed by atoms with Crippen molar-refractivity contribution in [2.24, 2.45) is 5.92 Å². The molecular weight excluding hydrogens is 240 g/mol. The maximum Gasteiger partial charge on any atom is 0.246 e. The van der Waals surface area contributed by atoms with Gasteiger partial charge in [-0.15, -0.1) is 0 Å². The predicted octanol–water partition coefficient (Wildman–Crippen LogP) is 1.79. The fourth-order valence-corrected chi connectivity index (χ4v) is 3.93. The molecular formula is C15H24N2O2. The maximum atomic E-state index is 12.8. The summed E-state index contributed by atoms with van der Waals surface area (Å²) in [5.74, 6) is 0.949. The lowest BCUT2D eigenvalue weighted by molar-refractivity contribution is -0.167. The normalized spacial score (nSPS) is 31.9. The summed E-state index contributed by atoms with van der Waals surface area (Å²) in [5, 5.41) is 0. The molecule has 2 aliphatic heterocycles. The second-order valence-electron chi connectivity index (χ2n) is 6.75. The van der Waals surface area contributed by atoms with Gasteiger partial charge in [-0.2, -0.15) is 0 Å². The fourth-order valence-electron chi connectivity index (χ4n) is 3.93. The summed E-state index contributed by atoms with van der Waals surface area (Å²) >= 11 is 0. The van der Waals surface area contributed by atoms with Gasteiger partial charge in [-0.05, 0) is 51.9 Å². The van der Waals surface area contributed by atoms with Crippen LogP contribution in [0.1, 0.15) is 52.9 Å². The van der Waals surface area contributed by atoms with Crippen LogP contribution in [-0.2, 0) is 9.59 Å². The van der Waals surface area contributed by atoms with E-state index in [4.69, 9.17) is 0 Å². The second kappa shape index (κ2) is 4.22. The number of nitrogens with zero attached hydrogens (tertiary/aromatic N) is 2. The number of piperazine rings is 1. The van der Waals surface area contributed by atoms with E-state index >= 15 is 0 Å². The first kappa shape index (κ1) is 12.9. The molecule has 0 spiro atoms. The van der Waals surface area contributed by atoms with Gasteiger partial charge in [-0.25, -0.2) is 0 Å². The molecule has 0 aromatic rings. The molecule has 2 atom stereocenters. The topological polar surface area (TPSA) is 40.6 Å². The molecule has 19 heavy (non-hydrogen) atoms. The van der Waals surface area contributed by atoms with E-state index in [1.54, 1.807) is 0 Å². The van der Waals surface area contributed by atoms with Gasteiger partial charge in [0.1, 0.15) is 12.1 Å². The molecule has 0 N–H and O–H groups in total. The molecule has 106 valence electrons. The predicted molar refractivity (Wildman–Crippen MR) is 72.5 cm³/mol. The Morgan fingerprint density at radius 1 is 1.16 bits per heavy atom. The number of amides is 2. The third-order valence-corrected chi connectivity index (χ3v) is 5.24. The highest BCUT2D eigenvalue weighted by atomic mass is 16.2. The first-order chi connectivity index (χ1) is 8.98. The monoisotopic (exact) mass is 264 g/mol. The zero-order chi connectivity index (χ0) is 13.8. The largest absolute Gasteiger partial charge is 0.329 e. The summed E-state index contributed by atoms with van der Waals surface area (Å²) in [4.78, 5) is 29.2. The molecule has 4 heteroatoms. The molecule has 2 heterocycles. The van der Waals surface area contributed by atoms with E-state index in [0.29, 0.717) is 5.92 Å². The van der Waals surface area contributed by atoms with Crippen LogP contribution in [0.5, 0.6) is 0 Å². The van der Waals surface area contributed by atoms with Crippen molar-refractivity contribution in [3.63, 3.8) is 0 Å². The Morgan fingerprint density at radius 3 is 2.42 bits per heavy atom. The van der Waals surface area contributed by atoms with E-state index in [0.717, 1.165) is 25.8 Å². The fraction of sp³-hybridized carbons (Fsp3) is 0.867. The van der Waals surface area contributed by atoms with Crippen molar-refractivity contribution in [2.75, 3.05) is 6.54 Å². The Labute approximate surface area is 115 Å². The van der Waals surface area contributed by atoms with Crippen molar-refractivity contribution in [2.45, 2.75) is 70.5 Å². The smallest absolute Gasteiger partial charge is 0.246 e. The standard InChI is InChI=1S/C15H24N2O2/c1-4-11-13(18)16-9-5-6-12(16)14(19)17(11)15(2,3)10-7-8-10/h10-12H,4-9H2,1-3H3. The molecule has 2 saturated heterocycles. The number of fused-ring (bicyclic) bond motifs is 1. The van der Waals surface area contributed by atoms with Crippen LogP contribution in [0.3, 0.4) is 0 Å². The molecule has 3 aliphatic rings. The number of hydrogen-bond donors (Lipinski definition) is 0. The van der Waals surface area contributed by atoms with Gasteiger partial charge in [0.25, 0.3) is 0 Å². The van der Waals surface area contributed by atoms with Crippen molar-refractivity contribution >= 4 is 11.8 Å². The van der Waals surface area contributed by atoms with Crippen molar-refractivity contribution < 1.29 is 9.59 Å². The Bertz CT molecular complexity index is 414. The van der Waals surface area contributed by atoms with Crippen LogP contribution in [0.4, 0.5) is 0 Å². The molecule has 3 fully saturated rings. The number of hydrogen-bond acceptors (Lipinski definition) is 2. The zero-order valence-corrected chi connectivity index (χ0v) is 12.2. The Hall–Kier alpha value is -1.06. The summed E-state index contributed by atoms with van der Waals surface area (Å²) in [6.07, 6.45) is 4.92. The minimum atomic E-state index is -0.238. The minimum absolute atomic E-state index is 0.165. The van der Waals surface area contributed by atoms with Crippen molar-refractivity contribution in [3.05, 3.63) is 0 Å². The molecule has 0 aromatic carbocycles. The van der Waals surface area contributed by atoms with E-state index in [1.807, 2.05) is 16.7 Å². The highest BCUT2D eigenvalue weighted by Crippen LogP contribution is 2.45. The van der Waals surface area contributed by atoms with Crippen LogP contribution in [-0.4, -0.2) is 45.8 Å².